The van der Waals surface area contributed by atoms with Gasteiger partial charge >= 0.3 is 0 Å². The number of thioether (sulfide) groups is 1. The molecular formula is C20H35NO4S. The molecule has 6 heteroatoms. The molecule has 0 unspecified atom stereocenters. The summed E-state index contributed by atoms with van der Waals surface area (Å²) >= 11 is 1.82. The Bertz CT molecular complexity index is 485. The zero-order valence-corrected chi connectivity index (χ0v) is 17.4. The number of methoxy groups -OCH3 is 1. The number of rotatable bonds is 16. The molecule has 150 valence electrons. The summed E-state index contributed by atoms with van der Waals surface area (Å²) in [5, 5.41) is 11.5. The maximum atomic E-state index is 11.5. The number of hydrogen-bond donors (Lipinski definition) is 0. The predicted octanol–water partition coefficient (Wildman–Crippen LogP) is 4.05. The summed E-state index contributed by atoms with van der Waals surface area (Å²) in [6, 6.07) is 1.91. The molecule has 0 aliphatic carbocycles. The van der Waals surface area contributed by atoms with Gasteiger partial charge in [-0.1, -0.05) is 0 Å². The maximum absolute atomic E-state index is 11.5. The molecule has 1 aromatic heterocycles. The minimum atomic E-state index is 0.789. The van der Waals surface area contributed by atoms with Crippen LogP contribution in [0.2, 0.25) is 0 Å². The Morgan fingerprint density at radius 1 is 0.885 bits per heavy atom. The van der Waals surface area contributed by atoms with Crippen LogP contribution < -0.4 is 4.73 Å². The number of nitrogens with zero attached hydrogens (tertiary/aromatic N) is 1. The Hall–Kier alpha value is -0.820. The van der Waals surface area contributed by atoms with Crippen LogP contribution in [-0.4, -0.2) is 45.9 Å². The van der Waals surface area contributed by atoms with Crippen molar-refractivity contribution < 1.29 is 18.9 Å². The maximum Gasteiger partial charge on any atom is 0.193 e. The van der Waals surface area contributed by atoms with Gasteiger partial charge in [0.05, 0.1) is 0 Å². The highest BCUT2D eigenvalue weighted by atomic mass is 32.2. The van der Waals surface area contributed by atoms with E-state index in [0.717, 1.165) is 93.3 Å². The van der Waals surface area contributed by atoms with Gasteiger partial charge in [-0.2, -0.15) is 4.73 Å². The van der Waals surface area contributed by atoms with Crippen LogP contribution in [0.1, 0.15) is 49.8 Å². The Morgan fingerprint density at radius 2 is 1.42 bits per heavy atom. The molecule has 0 saturated carbocycles. The number of aromatic nitrogens is 1. The summed E-state index contributed by atoms with van der Waals surface area (Å²) in [5.41, 5.74) is 1.88. The van der Waals surface area contributed by atoms with Crippen molar-refractivity contribution >= 4 is 11.8 Å². The molecule has 0 aliphatic heterocycles. The second-order valence-corrected chi connectivity index (χ2v) is 7.54. The van der Waals surface area contributed by atoms with Crippen LogP contribution in [0, 0.1) is 19.1 Å². The van der Waals surface area contributed by atoms with Gasteiger partial charge < -0.3 is 19.4 Å². The van der Waals surface area contributed by atoms with Crippen LogP contribution >= 0.6 is 11.8 Å². The lowest BCUT2D eigenvalue weighted by atomic mass is 10.2. The minimum absolute atomic E-state index is 0.789. The van der Waals surface area contributed by atoms with E-state index in [1.54, 1.807) is 13.3 Å². The van der Waals surface area contributed by atoms with Crippen molar-refractivity contribution in [1.82, 2.24) is 0 Å². The number of pyridine rings is 1. The first-order valence-electron chi connectivity index (χ1n) is 9.63. The normalized spacial score (nSPS) is 11.2. The lowest BCUT2D eigenvalue weighted by Crippen LogP contribution is -2.30. The number of hydrogen-bond acceptors (Lipinski definition) is 5. The van der Waals surface area contributed by atoms with Crippen molar-refractivity contribution in [2.45, 2.75) is 57.3 Å². The lowest BCUT2D eigenvalue weighted by molar-refractivity contribution is -0.613. The SMILES string of the molecule is COCCCCOCCCCOCCCCSc1cc[n+]([O-])c(C)c1C. The monoisotopic (exact) mass is 385 g/mol. The summed E-state index contributed by atoms with van der Waals surface area (Å²) in [4.78, 5) is 1.21. The van der Waals surface area contributed by atoms with Crippen LogP contribution in [0.25, 0.3) is 0 Å². The summed E-state index contributed by atoms with van der Waals surface area (Å²) in [6.45, 7) is 8.00. The molecule has 1 aromatic rings. The van der Waals surface area contributed by atoms with E-state index in [4.69, 9.17) is 14.2 Å². The Morgan fingerprint density at radius 3 is 2.00 bits per heavy atom. The van der Waals surface area contributed by atoms with E-state index in [1.807, 2.05) is 31.7 Å². The van der Waals surface area contributed by atoms with Crippen molar-refractivity contribution in [2.24, 2.45) is 0 Å². The first-order valence-corrected chi connectivity index (χ1v) is 10.6. The first kappa shape index (κ1) is 23.2. The molecule has 5 nitrogen and oxygen atoms in total. The van der Waals surface area contributed by atoms with Gasteiger partial charge in [-0.25, -0.2) is 0 Å². The van der Waals surface area contributed by atoms with E-state index < -0.39 is 0 Å². The average Bonchev–Trinajstić information content (AvgIpc) is 2.64. The van der Waals surface area contributed by atoms with Crippen molar-refractivity contribution in [3.05, 3.63) is 28.7 Å². The summed E-state index contributed by atoms with van der Waals surface area (Å²) in [7, 11) is 1.73. The van der Waals surface area contributed by atoms with Crippen molar-refractivity contribution in [3.8, 4) is 0 Å². The molecule has 0 saturated heterocycles. The van der Waals surface area contributed by atoms with E-state index >= 15 is 0 Å². The van der Waals surface area contributed by atoms with Gasteiger partial charge in [-0.05, 0) is 51.2 Å². The van der Waals surface area contributed by atoms with Crippen molar-refractivity contribution in [3.63, 3.8) is 0 Å². The average molecular weight is 386 g/mol. The van der Waals surface area contributed by atoms with Crippen LogP contribution in [-0.2, 0) is 14.2 Å². The molecular weight excluding hydrogens is 350 g/mol. The summed E-state index contributed by atoms with van der Waals surface area (Å²) in [5.74, 6) is 1.06. The van der Waals surface area contributed by atoms with Gasteiger partial charge in [0.15, 0.2) is 11.9 Å². The quantitative estimate of drug-likeness (QED) is 0.186. The minimum Gasteiger partial charge on any atom is -0.619 e. The Kier molecular flexibility index (Phi) is 13.6. The smallest absolute Gasteiger partial charge is 0.193 e. The van der Waals surface area contributed by atoms with Gasteiger partial charge in [-0.3, -0.25) is 0 Å². The second-order valence-electron chi connectivity index (χ2n) is 6.40. The summed E-state index contributed by atoms with van der Waals surface area (Å²) in [6.07, 6.45) is 8.06. The molecule has 0 fully saturated rings. The topological polar surface area (TPSA) is 54.6 Å². The highest BCUT2D eigenvalue weighted by Gasteiger charge is 2.08. The van der Waals surface area contributed by atoms with E-state index in [0.29, 0.717) is 0 Å². The van der Waals surface area contributed by atoms with Crippen molar-refractivity contribution in [2.75, 3.05) is 45.9 Å². The molecule has 1 rings (SSSR count). The third-order valence-corrected chi connectivity index (χ3v) is 5.51. The number of ether oxygens (including phenoxy) is 3. The standard InChI is InChI=1S/C20H35NO4S/c1-18-19(2)21(22)11-10-20(18)26-17-9-8-16-25-15-7-6-14-24-13-5-4-12-23-3/h10-11H,4-9,12-17H2,1-3H3. The van der Waals surface area contributed by atoms with E-state index in [1.165, 1.54) is 4.90 Å². The molecule has 0 amide bonds. The summed E-state index contributed by atoms with van der Waals surface area (Å²) < 4.78 is 17.2. The van der Waals surface area contributed by atoms with E-state index in [9.17, 15) is 5.21 Å². The molecule has 0 bridgehead atoms. The zero-order valence-electron chi connectivity index (χ0n) is 16.6. The second kappa shape index (κ2) is 15.3. The van der Waals surface area contributed by atoms with E-state index in [-0.39, 0.29) is 0 Å². The molecule has 0 spiro atoms. The highest BCUT2D eigenvalue weighted by Crippen LogP contribution is 2.23. The lowest BCUT2D eigenvalue weighted by Gasteiger charge is -2.09. The third kappa shape index (κ3) is 10.4. The van der Waals surface area contributed by atoms with Gasteiger partial charge in [-0.15, -0.1) is 11.8 Å². The van der Waals surface area contributed by atoms with Gasteiger partial charge in [0, 0.05) is 63.6 Å². The van der Waals surface area contributed by atoms with Crippen LogP contribution in [0.3, 0.4) is 0 Å². The van der Waals surface area contributed by atoms with Crippen LogP contribution in [0.5, 0.6) is 0 Å². The van der Waals surface area contributed by atoms with Crippen LogP contribution in [0.4, 0.5) is 0 Å². The molecule has 0 radical (unpaired) electrons. The molecule has 26 heavy (non-hydrogen) atoms. The fourth-order valence-corrected chi connectivity index (χ4v) is 3.51. The molecule has 1 heterocycles. The third-order valence-electron chi connectivity index (χ3n) is 4.26. The Labute approximate surface area is 163 Å². The fraction of sp³-hybridized carbons (Fsp3) is 0.750. The molecule has 0 aliphatic rings. The van der Waals surface area contributed by atoms with Gasteiger partial charge in [0.25, 0.3) is 0 Å². The van der Waals surface area contributed by atoms with Gasteiger partial charge in [0.1, 0.15) is 0 Å². The van der Waals surface area contributed by atoms with E-state index in [2.05, 4.69) is 0 Å². The van der Waals surface area contributed by atoms with Crippen LogP contribution in [0.15, 0.2) is 17.2 Å². The Balaban J connectivity index is 1.87. The number of unbranched alkanes of at least 4 members (excludes halogenated alkanes) is 3. The van der Waals surface area contributed by atoms with Gasteiger partial charge in [0.2, 0.25) is 0 Å². The first-order chi connectivity index (χ1) is 12.7. The zero-order chi connectivity index (χ0) is 19.0. The fourth-order valence-electron chi connectivity index (χ4n) is 2.42. The largest absolute Gasteiger partial charge is 0.619 e. The highest BCUT2D eigenvalue weighted by molar-refractivity contribution is 7.99. The molecule has 0 atom stereocenters. The molecule has 0 aromatic carbocycles. The molecule has 0 N–H and O–H groups in total. The van der Waals surface area contributed by atoms with Crippen molar-refractivity contribution in [1.29, 1.82) is 0 Å². The predicted molar refractivity (Wildman–Crippen MR) is 107 cm³/mol.